The van der Waals surface area contributed by atoms with Crippen molar-refractivity contribution in [2.75, 3.05) is 5.73 Å². The van der Waals surface area contributed by atoms with Crippen molar-refractivity contribution < 1.29 is 0 Å². The molecule has 4 nitrogen and oxygen atoms in total. The van der Waals surface area contributed by atoms with E-state index in [2.05, 4.69) is 10.1 Å². The summed E-state index contributed by atoms with van der Waals surface area (Å²) in [5, 5.41) is 5.24. The van der Waals surface area contributed by atoms with E-state index in [-0.39, 0.29) is 0 Å². The molecule has 2 N–H and O–H groups in total. The van der Waals surface area contributed by atoms with Crippen LogP contribution < -0.4 is 5.73 Å². The van der Waals surface area contributed by atoms with Crippen molar-refractivity contribution >= 4 is 27.2 Å². The molecule has 0 bridgehead atoms. The molecular weight excluding hydrogens is 232 g/mol. The summed E-state index contributed by atoms with van der Waals surface area (Å²) in [6.45, 7) is 2.04. The molecule has 0 spiro atoms. The molecule has 0 aliphatic carbocycles. The number of thiazole rings is 1. The molecule has 5 heteroatoms. The van der Waals surface area contributed by atoms with Gasteiger partial charge in [-0.05, 0) is 25.1 Å². The van der Waals surface area contributed by atoms with E-state index in [4.69, 9.17) is 5.73 Å². The maximum Gasteiger partial charge on any atom is 0.128 e. The van der Waals surface area contributed by atoms with Crippen LogP contribution in [0.4, 0.5) is 5.69 Å². The smallest absolute Gasteiger partial charge is 0.128 e. The number of fused-ring (bicyclic) bond motifs is 1. The van der Waals surface area contributed by atoms with Gasteiger partial charge in [0.05, 0.1) is 22.0 Å². The number of aromatic nitrogens is 3. The molecule has 1 aromatic carbocycles. The SMILES string of the molecule is Cc1c(-c2nc3ccc(N)cc3s2)cnn1C. The average Bonchev–Trinajstić information content (AvgIpc) is 2.83. The predicted octanol–water partition coefficient (Wildman–Crippen LogP) is 2.59. The minimum absolute atomic E-state index is 0.774. The number of aryl methyl sites for hydroxylation is 1. The molecule has 0 amide bonds. The lowest BCUT2D eigenvalue weighted by Gasteiger charge is -1.94. The van der Waals surface area contributed by atoms with Gasteiger partial charge < -0.3 is 5.73 Å². The van der Waals surface area contributed by atoms with E-state index in [9.17, 15) is 0 Å². The van der Waals surface area contributed by atoms with Crippen LogP contribution in [0.5, 0.6) is 0 Å². The molecule has 0 saturated heterocycles. The molecule has 86 valence electrons. The molecule has 2 heterocycles. The highest BCUT2D eigenvalue weighted by Gasteiger charge is 2.11. The first kappa shape index (κ1) is 10.3. The summed E-state index contributed by atoms with van der Waals surface area (Å²) in [6, 6.07) is 5.79. The Morgan fingerprint density at radius 2 is 2.18 bits per heavy atom. The standard InChI is InChI=1S/C12H12N4S/c1-7-9(6-14-16(7)2)12-15-10-4-3-8(13)5-11(10)17-12/h3-6H,13H2,1-2H3. The summed E-state index contributed by atoms with van der Waals surface area (Å²) >= 11 is 1.65. The zero-order valence-corrected chi connectivity index (χ0v) is 10.5. The van der Waals surface area contributed by atoms with Crippen LogP contribution in [0.3, 0.4) is 0 Å². The van der Waals surface area contributed by atoms with Crippen LogP contribution in [0.2, 0.25) is 0 Å². The maximum atomic E-state index is 5.77. The van der Waals surface area contributed by atoms with Crippen molar-refractivity contribution in [2.24, 2.45) is 7.05 Å². The molecule has 0 saturated carbocycles. The van der Waals surface area contributed by atoms with E-state index in [1.807, 2.05) is 43.0 Å². The molecule has 0 fully saturated rings. The summed E-state index contributed by atoms with van der Waals surface area (Å²) in [7, 11) is 1.93. The molecule has 17 heavy (non-hydrogen) atoms. The number of nitrogen functional groups attached to an aromatic ring is 1. The third-order valence-corrected chi connectivity index (χ3v) is 3.93. The predicted molar refractivity (Wildman–Crippen MR) is 71.0 cm³/mol. The number of rotatable bonds is 1. The number of nitrogens with two attached hydrogens (primary N) is 1. The van der Waals surface area contributed by atoms with Crippen molar-refractivity contribution in [1.82, 2.24) is 14.8 Å². The summed E-state index contributed by atoms with van der Waals surface area (Å²) in [4.78, 5) is 4.61. The van der Waals surface area contributed by atoms with E-state index >= 15 is 0 Å². The van der Waals surface area contributed by atoms with Gasteiger partial charge in [-0.2, -0.15) is 5.10 Å². The molecule has 3 rings (SSSR count). The molecule has 0 radical (unpaired) electrons. The van der Waals surface area contributed by atoms with Crippen LogP contribution in [0.15, 0.2) is 24.4 Å². The van der Waals surface area contributed by atoms with E-state index in [1.54, 1.807) is 11.3 Å². The second-order valence-corrected chi connectivity index (χ2v) is 5.04. The number of hydrogen-bond acceptors (Lipinski definition) is 4. The highest BCUT2D eigenvalue weighted by atomic mass is 32.1. The Labute approximate surface area is 103 Å². The summed E-state index contributed by atoms with van der Waals surface area (Å²) in [5.74, 6) is 0. The van der Waals surface area contributed by atoms with Crippen LogP contribution in [0, 0.1) is 6.92 Å². The number of anilines is 1. The maximum absolute atomic E-state index is 5.77. The first-order chi connectivity index (χ1) is 8.15. The quantitative estimate of drug-likeness (QED) is 0.669. The first-order valence-electron chi connectivity index (χ1n) is 5.30. The lowest BCUT2D eigenvalue weighted by Crippen LogP contribution is -1.92. The molecule has 3 aromatic rings. The van der Waals surface area contributed by atoms with Gasteiger partial charge in [0.25, 0.3) is 0 Å². The van der Waals surface area contributed by atoms with Gasteiger partial charge in [-0.15, -0.1) is 11.3 Å². The monoisotopic (exact) mass is 244 g/mol. The van der Waals surface area contributed by atoms with E-state index in [1.165, 1.54) is 0 Å². The number of hydrogen-bond donors (Lipinski definition) is 1. The third kappa shape index (κ3) is 1.59. The lowest BCUT2D eigenvalue weighted by molar-refractivity contribution is 0.740. The molecule has 2 aromatic heterocycles. The van der Waals surface area contributed by atoms with Gasteiger partial charge in [-0.25, -0.2) is 4.98 Å². The molecule has 0 atom stereocenters. The normalized spacial score (nSPS) is 11.2. The van der Waals surface area contributed by atoms with Gasteiger partial charge in [0.1, 0.15) is 5.01 Å². The summed E-state index contributed by atoms with van der Waals surface area (Å²) in [6.07, 6.45) is 1.86. The Kier molecular flexibility index (Phi) is 2.16. The fraction of sp³-hybridized carbons (Fsp3) is 0.167. The van der Waals surface area contributed by atoms with Crippen LogP contribution in [-0.4, -0.2) is 14.8 Å². The van der Waals surface area contributed by atoms with Crippen LogP contribution in [0.25, 0.3) is 20.8 Å². The molecule has 0 aliphatic rings. The summed E-state index contributed by atoms with van der Waals surface area (Å²) < 4.78 is 2.97. The minimum atomic E-state index is 0.774. The Morgan fingerprint density at radius 1 is 1.35 bits per heavy atom. The van der Waals surface area contributed by atoms with Crippen molar-refractivity contribution in [3.63, 3.8) is 0 Å². The number of benzene rings is 1. The van der Waals surface area contributed by atoms with E-state index in [0.29, 0.717) is 0 Å². The fourth-order valence-electron chi connectivity index (χ4n) is 1.77. The topological polar surface area (TPSA) is 56.7 Å². The Balaban J connectivity index is 2.21. The van der Waals surface area contributed by atoms with Gasteiger partial charge in [-0.3, -0.25) is 4.68 Å². The van der Waals surface area contributed by atoms with Gasteiger partial charge in [0.2, 0.25) is 0 Å². The third-order valence-electron chi connectivity index (χ3n) is 2.88. The van der Waals surface area contributed by atoms with Gasteiger partial charge in [0.15, 0.2) is 0 Å². The van der Waals surface area contributed by atoms with Gasteiger partial charge >= 0.3 is 0 Å². The Bertz CT molecular complexity index is 696. The zero-order valence-electron chi connectivity index (χ0n) is 9.64. The number of nitrogens with zero attached hydrogens (tertiary/aromatic N) is 3. The van der Waals surface area contributed by atoms with Crippen molar-refractivity contribution in [3.8, 4) is 10.6 Å². The van der Waals surface area contributed by atoms with Gasteiger partial charge in [-0.1, -0.05) is 0 Å². The van der Waals surface area contributed by atoms with Crippen LogP contribution in [0.1, 0.15) is 5.69 Å². The first-order valence-corrected chi connectivity index (χ1v) is 6.12. The molecule has 0 unspecified atom stereocenters. The molecule has 0 aliphatic heterocycles. The van der Waals surface area contributed by atoms with E-state index < -0.39 is 0 Å². The van der Waals surface area contributed by atoms with Crippen molar-refractivity contribution in [2.45, 2.75) is 6.92 Å². The van der Waals surface area contributed by atoms with Gasteiger partial charge in [0, 0.05) is 18.4 Å². The highest BCUT2D eigenvalue weighted by Crippen LogP contribution is 2.32. The second-order valence-electron chi connectivity index (χ2n) is 4.01. The zero-order chi connectivity index (χ0) is 12.0. The van der Waals surface area contributed by atoms with E-state index in [0.717, 1.165) is 32.2 Å². The second kappa shape index (κ2) is 3.56. The summed E-state index contributed by atoms with van der Waals surface area (Å²) in [5.41, 5.74) is 9.74. The Morgan fingerprint density at radius 3 is 2.88 bits per heavy atom. The van der Waals surface area contributed by atoms with Crippen molar-refractivity contribution in [3.05, 3.63) is 30.1 Å². The largest absolute Gasteiger partial charge is 0.399 e. The fourth-order valence-corrected chi connectivity index (χ4v) is 2.84. The molecular formula is C12H12N4S. The Hall–Kier alpha value is -1.88. The minimum Gasteiger partial charge on any atom is -0.399 e. The average molecular weight is 244 g/mol. The highest BCUT2D eigenvalue weighted by molar-refractivity contribution is 7.21. The van der Waals surface area contributed by atoms with Crippen LogP contribution >= 0.6 is 11.3 Å². The van der Waals surface area contributed by atoms with Crippen molar-refractivity contribution in [1.29, 1.82) is 0 Å². The van der Waals surface area contributed by atoms with Crippen LogP contribution in [-0.2, 0) is 7.05 Å². The lowest BCUT2D eigenvalue weighted by atomic mass is 10.3.